The summed E-state index contributed by atoms with van der Waals surface area (Å²) in [5.41, 5.74) is 2.44. The Hall–Kier alpha value is -0.610. The molecule has 0 aromatic rings. The molecule has 0 fully saturated rings. The summed E-state index contributed by atoms with van der Waals surface area (Å²) < 4.78 is 0. The number of hydrogen-bond acceptors (Lipinski definition) is 3. The van der Waals surface area contributed by atoms with E-state index in [4.69, 9.17) is 0 Å². The summed E-state index contributed by atoms with van der Waals surface area (Å²) in [6, 6.07) is -0.620. The molecule has 0 aliphatic heterocycles. The lowest BCUT2D eigenvalue weighted by atomic mass is 10.0. The molecule has 0 heterocycles. The summed E-state index contributed by atoms with van der Waals surface area (Å²) in [6.07, 6.45) is 0.807. The molecule has 2 unspecified atom stereocenters. The summed E-state index contributed by atoms with van der Waals surface area (Å²) in [5.74, 6) is 2.30. The monoisotopic (exact) mass is 146 g/mol. The second-order valence-electron chi connectivity index (χ2n) is 2.39. The van der Waals surface area contributed by atoms with Crippen molar-refractivity contribution in [3.05, 3.63) is 0 Å². The maximum absolute atomic E-state index is 10.3. The van der Waals surface area contributed by atoms with E-state index < -0.39 is 12.0 Å². The first-order valence-electron chi connectivity index (χ1n) is 3.37. The Morgan fingerprint density at radius 3 is 2.40 bits per heavy atom. The highest BCUT2D eigenvalue weighted by molar-refractivity contribution is 5.71. The minimum Gasteiger partial charge on any atom is -0.548 e. The van der Waals surface area contributed by atoms with Crippen LogP contribution in [0.3, 0.4) is 0 Å². The minimum absolute atomic E-state index is 0.0718. The topological polar surface area (TPSA) is 79.8 Å². The van der Waals surface area contributed by atoms with E-state index in [2.05, 4.69) is 11.3 Å². The van der Waals surface area contributed by atoms with E-state index >= 15 is 0 Å². The predicted molar refractivity (Wildman–Crippen MR) is 34.3 cm³/mol. The lowest BCUT2D eigenvalue weighted by molar-refractivity contribution is -0.456. The van der Waals surface area contributed by atoms with E-state index in [1.54, 1.807) is 0 Å². The molecule has 2 atom stereocenters. The van der Waals surface area contributed by atoms with Gasteiger partial charge in [0.05, 0.1) is 12.0 Å². The number of carbonyl (C=O) groups is 1. The number of hydrogen-bond donors (Lipinski definition) is 2. The van der Waals surface area contributed by atoms with Crippen LogP contribution in [0, 0.1) is 5.92 Å². The summed E-state index contributed by atoms with van der Waals surface area (Å²) in [4.78, 5) is 10.3. The van der Waals surface area contributed by atoms with Crippen molar-refractivity contribution in [2.45, 2.75) is 26.3 Å². The van der Waals surface area contributed by atoms with Crippen LogP contribution in [0.1, 0.15) is 20.3 Å². The van der Waals surface area contributed by atoms with Crippen LogP contribution in [0.5, 0.6) is 0 Å². The van der Waals surface area contributed by atoms with E-state index in [0.717, 1.165) is 6.42 Å². The normalized spacial score (nSPS) is 16.3. The van der Waals surface area contributed by atoms with Crippen LogP contribution in [0.2, 0.25) is 0 Å². The van der Waals surface area contributed by atoms with Gasteiger partial charge < -0.3 is 9.90 Å². The van der Waals surface area contributed by atoms with Crippen LogP contribution in [0.15, 0.2) is 0 Å². The van der Waals surface area contributed by atoms with Crippen LogP contribution in [-0.4, -0.2) is 12.0 Å². The van der Waals surface area contributed by atoms with Crippen LogP contribution in [-0.2, 0) is 4.79 Å². The molecule has 4 nitrogen and oxygen atoms in total. The molecule has 0 radical (unpaired) electrons. The highest BCUT2D eigenvalue weighted by Gasteiger charge is 2.15. The van der Waals surface area contributed by atoms with Gasteiger partial charge in [-0.05, 0) is 5.92 Å². The molecule has 0 amide bonds. The second kappa shape index (κ2) is 4.24. The number of quaternary nitrogens is 1. The molecule has 4 heteroatoms. The number of rotatable bonds is 4. The quantitative estimate of drug-likeness (QED) is 0.446. The third kappa shape index (κ3) is 2.33. The molecule has 0 aromatic heterocycles. The van der Waals surface area contributed by atoms with Gasteiger partial charge >= 0.3 is 0 Å². The van der Waals surface area contributed by atoms with Crippen LogP contribution >= 0.6 is 0 Å². The van der Waals surface area contributed by atoms with Crippen molar-refractivity contribution in [1.82, 2.24) is 5.43 Å². The first-order valence-corrected chi connectivity index (χ1v) is 3.37. The van der Waals surface area contributed by atoms with E-state index in [0.29, 0.717) is 0 Å². The molecule has 60 valence electrons. The Balaban J connectivity index is 3.92. The molecular weight excluding hydrogens is 132 g/mol. The Morgan fingerprint density at radius 2 is 2.30 bits per heavy atom. The van der Waals surface area contributed by atoms with Crippen molar-refractivity contribution in [3.8, 4) is 0 Å². The summed E-state index contributed by atoms with van der Waals surface area (Å²) >= 11 is 0. The molecule has 0 rings (SSSR count). The highest BCUT2D eigenvalue weighted by atomic mass is 16.4. The Morgan fingerprint density at radius 1 is 1.80 bits per heavy atom. The standard InChI is InChI=1S/C6H14N2O2/c1-3-4(2)5(8-7)6(9)10/h4-5,8H,3,7H2,1-2H3,(H,9,10). The molecule has 0 aliphatic rings. The van der Waals surface area contributed by atoms with E-state index in [9.17, 15) is 9.90 Å². The van der Waals surface area contributed by atoms with Crippen molar-refractivity contribution in [1.29, 1.82) is 0 Å². The number of carbonyl (C=O) groups excluding carboxylic acids is 1. The van der Waals surface area contributed by atoms with Gasteiger partial charge in [-0.3, -0.25) is 5.84 Å². The molecule has 0 aromatic carbocycles. The molecular formula is C6H14N2O2. The average molecular weight is 146 g/mol. The Kier molecular flexibility index (Phi) is 3.99. The van der Waals surface area contributed by atoms with Crippen molar-refractivity contribution >= 4 is 5.97 Å². The largest absolute Gasteiger partial charge is 0.548 e. The first-order chi connectivity index (χ1) is 4.63. The average Bonchev–Trinajstić information content (AvgIpc) is 1.88. The zero-order valence-electron chi connectivity index (χ0n) is 6.39. The zero-order valence-corrected chi connectivity index (χ0v) is 6.39. The second-order valence-corrected chi connectivity index (χ2v) is 2.39. The SMILES string of the molecule is CCC(C)C(N[NH3+])C(=O)[O-]. The van der Waals surface area contributed by atoms with E-state index in [1.807, 2.05) is 13.8 Å². The lowest BCUT2D eigenvalue weighted by Crippen LogP contribution is -2.73. The van der Waals surface area contributed by atoms with Crippen molar-refractivity contribution in [3.63, 3.8) is 0 Å². The molecule has 4 N–H and O–H groups in total. The van der Waals surface area contributed by atoms with Gasteiger partial charge in [0.25, 0.3) is 0 Å². The fourth-order valence-electron chi connectivity index (χ4n) is 0.753. The number of carboxylic acid groups (broad SMARTS) is 1. The van der Waals surface area contributed by atoms with Crippen LogP contribution in [0.4, 0.5) is 0 Å². The third-order valence-corrected chi connectivity index (χ3v) is 1.69. The van der Waals surface area contributed by atoms with Crippen molar-refractivity contribution < 1.29 is 15.7 Å². The first kappa shape index (κ1) is 9.39. The maximum atomic E-state index is 10.3. The fourth-order valence-corrected chi connectivity index (χ4v) is 0.753. The molecule has 0 saturated heterocycles. The molecule has 0 aliphatic carbocycles. The highest BCUT2D eigenvalue weighted by Crippen LogP contribution is 2.04. The number of carboxylic acids is 1. The predicted octanol–water partition coefficient (Wildman–Crippen LogP) is -2.10. The number of nitrogens with one attached hydrogen (secondary N) is 1. The van der Waals surface area contributed by atoms with E-state index in [-0.39, 0.29) is 5.92 Å². The summed E-state index contributed by atoms with van der Waals surface area (Å²) in [5, 5.41) is 10.3. The van der Waals surface area contributed by atoms with Crippen molar-refractivity contribution in [2.75, 3.05) is 0 Å². The lowest BCUT2D eigenvalue weighted by Gasteiger charge is -2.20. The Labute approximate surface area is 60.4 Å². The molecule has 0 bridgehead atoms. The van der Waals surface area contributed by atoms with Gasteiger partial charge in [-0.2, -0.15) is 5.43 Å². The molecule has 10 heavy (non-hydrogen) atoms. The van der Waals surface area contributed by atoms with Crippen LogP contribution in [0.25, 0.3) is 0 Å². The molecule has 0 saturated carbocycles. The minimum atomic E-state index is -1.08. The van der Waals surface area contributed by atoms with E-state index in [1.165, 1.54) is 0 Å². The molecule has 0 spiro atoms. The van der Waals surface area contributed by atoms with Gasteiger partial charge in [-0.25, -0.2) is 0 Å². The van der Waals surface area contributed by atoms with Crippen LogP contribution < -0.4 is 16.4 Å². The summed E-state index contributed by atoms with van der Waals surface area (Å²) in [7, 11) is 0. The van der Waals surface area contributed by atoms with Gasteiger partial charge in [0.2, 0.25) is 0 Å². The van der Waals surface area contributed by atoms with Gasteiger partial charge in [0.1, 0.15) is 0 Å². The van der Waals surface area contributed by atoms with Gasteiger partial charge in [-0.1, -0.05) is 20.3 Å². The smallest absolute Gasteiger partial charge is 0.0972 e. The Bertz CT molecular complexity index is 116. The number of aliphatic carboxylic acids is 1. The zero-order chi connectivity index (χ0) is 8.15. The van der Waals surface area contributed by atoms with Crippen molar-refractivity contribution in [2.24, 2.45) is 5.92 Å². The van der Waals surface area contributed by atoms with Gasteiger partial charge in [-0.15, -0.1) is 0 Å². The third-order valence-electron chi connectivity index (χ3n) is 1.69. The fraction of sp³-hybridized carbons (Fsp3) is 0.833. The van der Waals surface area contributed by atoms with Gasteiger partial charge in [0, 0.05) is 0 Å². The summed E-state index contributed by atoms with van der Waals surface area (Å²) in [6.45, 7) is 3.77. The maximum Gasteiger partial charge on any atom is 0.0972 e. The van der Waals surface area contributed by atoms with Gasteiger partial charge in [0.15, 0.2) is 0 Å².